The predicted molar refractivity (Wildman–Crippen MR) is 46.6 cm³/mol. The molecule has 0 saturated heterocycles. The van der Waals surface area contributed by atoms with Crippen LogP contribution in [0, 0.1) is 0 Å². The second-order valence-corrected chi connectivity index (χ2v) is 2.78. The van der Waals surface area contributed by atoms with Crippen molar-refractivity contribution in [1.29, 1.82) is 0 Å². The lowest BCUT2D eigenvalue weighted by Crippen LogP contribution is -2.13. The Morgan fingerprint density at radius 1 is 1.36 bits per heavy atom. The van der Waals surface area contributed by atoms with Crippen molar-refractivity contribution in [2.24, 2.45) is 0 Å². The number of nitrogens with zero attached hydrogens (tertiary/aromatic N) is 1. The minimum absolute atomic E-state index is 0.0107. The van der Waals surface area contributed by atoms with Crippen LogP contribution in [0.5, 0.6) is 0 Å². The summed E-state index contributed by atoms with van der Waals surface area (Å²) in [6.07, 6.45) is 0. The zero-order valence-corrected chi connectivity index (χ0v) is 7.67. The molecule has 0 heterocycles. The van der Waals surface area contributed by atoms with Crippen LogP contribution in [0.15, 0.2) is 24.3 Å². The second-order valence-electron chi connectivity index (χ2n) is 2.78. The third-order valence-corrected chi connectivity index (χ3v) is 1.71. The number of hydrogen-bond acceptors (Lipinski definition) is 5. The summed E-state index contributed by atoms with van der Waals surface area (Å²) in [4.78, 5) is 15.3. The minimum Gasteiger partial charge on any atom is -0.295 e. The number of benzene rings is 1. The standard InChI is InChI=1S/C9H11NO4/c1-7(11)9-4-2-8(3-5-9)6-14-10(12)13/h2-5,12-13H,6H2,1H3. The van der Waals surface area contributed by atoms with Crippen LogP contribution in [0.25, 0.3) is 0 Å². The Labute approximate surface area is 81.0 Å². The molecule has 0 amide bonds. The van der Waals surface area contributed by atoms with E-state index in [9.17, 15) is 4.79 Å². The van der Waals surface area contributed by atoms with E-state index in [1.807, 2.05) is 0 Å². The third-order valence-electron chi connectivity index (χ3n) is 1.71. The molecule has 5 heteroatoms. The van der Waals surface area contributed by atoms with Gasteiger partial charge in [0.2, 0.25) is 0 Å². The van der Waals surface area contributed by atoms with Crippen molar-refractivity contribution in [3.63, 3.8) is 0 Å². The fraction of sp³-hybridized carbons (Fsp3) is 0.222. The number of ketones is 1. The molecule has 76 valence electrons. The number of rotatable bonds is 4. The number of carbonyl (C=O) groups is 1. The zero-order chi connectivity index (χ0) is 10.6. The van der Waals surface area contributed by atoms with Gasteiger partial charge in [0, 0.05) is 5.56 Å². The molecule has 0 aliphatic heterocycles. The largest absolute Gasteiger partial charge is 0.295 e. The Hall–Kier alpha value is -1.27. The molecule has 0 saturated carbocycles. The third kappa shape index (κ3) is 3.23. The average Bonchev–Trinajstić information content (AvgIpc) is 2.15. The molecule has 0 atom stereocenters. The molecule has 0 fully saturated rings. The Balaban J connectivity index is 2.60. The van der Waals surface area contributed by atoms with E-state index in [-0.39, 0.29) is 17.8 Å². The predicted octanol–water partition coefficient (Wildman–Crippen LogP) is 1.40. The molecule has 5 nitrogen and oxygen atoms in total. The van der Waals surface area contributed by atoms with E-state index in [0.717, 1.165) is 5.56 Å². The first-order valence-electron chi connectivity index (χ1n) is 4.00. The molecule has 0 spiro atoms. The number of carbonyl (C=O) groups excluding carboxylic acids is 1. The maximum atomic E-state index is 10.9. The van der Waals surface area contributed by atoms with Gasteiger partial charge in [-0.15, -0.1) is 0 Å². The summed E-state index contributed by atoms with van der Waals surface area (Å²) in [6.45, 7) is 1.51. The van der Waals surface area contributed by atoms with Crippen LogP contribution < -0.4 is 0 Å². The van der Waals surface area contributed by atoms with Crippen molar-refractivity contribution in [1.82, 2.24) is 5.39 Å². The molecular weight excluding hydrogens is 186 g/mol. The van der Waals surface area contributed by atoms with Gasteiger partial charge in [-0.25, -0.2) is 4.84 Å². The van der Waals surface area contributed by atoms with Crippen molar-refractivity contribution >= 4 is 5.78 Å². The first-order chi connectivity index (χ1) is 6.59. The normalized spacial score (nSPS) is 10.6. The molecule has 0 aliphatic rings. The van der Waals surface area contributed by atoms with Crippen molar-refractivity contribution in [3.05, 3.63) is 35.4 Å². The van der Waals surface area contributed by atoms with Crippen molar-refractivity contribution in [2.75, 3.05) is 0 Å². The van der Waals surface area contributed by atoms with Gasteiger partial charge in [-0.3, -0.25) is 15.2 Å². The molecule has 0 aromatic heterocycles. The Kier molecular flexibility index (Phi) is 3.73. The fourth-order valence-corrected chi connectivity index (χ4v) is 0.968. The summed E-state index contributed by atoms with van der Waals surface area (Å²) >= 11 is 0. The fourth-order valence-electron chi connectivity index (χ4n) is 0.968. The monoisotopic (exact) mass is 197 g/mol. The van der Waals surface area contributed by atoms with Gasteiger partial charge in [-0.1, -0.05) is 24.3 Å². The highest BCUT2D eigenvalue weighted by atomic mass is 17.1. The Morgan fingerprint density at radius 3 is 2.36 bits per heavy atom. The lowest BCUT2D eigenvalue weighted by Gasteiger charge is -2.06. The quantitative estimate of drug-likeness (QED) is 0.564. The second kappa shape index (κ2) is 4.83. The van der Waals surface area contributed by atoms with E-state index in [1.54, 1.807) is 24.3 Å². The highest BCUT2D eigenvalue weighted by Crippen LogP contribution is 2.06. The Morgan fingerprint density at radius 2 is 1.93 bits per heavy atom. The van der Waals surface area contributed by atoms with E-state index in [1.165, 1.54) is 6.92 Å². The summed E-state index contributed by atoms with van der Waals surface area (Å²) in [5.74, 6) is -0.0107. The average molecular weight is 197 g/mol. The minimum atomic E-state index is -0.348. The van der Waals surface area contributed by atoms with Gasteiger partial charge in [0.25, 0.3) is 0 Å². The smallest absolute Gasteiger partial charge is 0.159 e. The number of hydrogen-bond donors (Lipinski definition) is 2. The maximum absolute atomic E-state index is 10.9. The van der Waals surface area contributed by atoms with Crippen LogP contribution in [0.2, 0.25) is 0 Å². The van der Waals surface area contributed by atoms with Gasteiger partial charge in [-0.05, 0) is 12.5 Å². The molecule has 0 aliphatic carbocycles. The molecule has 0 unspecified atom stereocenters. The molecule has 2 N–H and O–H groups in total. The van der Waals surface area contributed by atoms with Crippen molar-refractivity contribution in [3.8, 4) is 0 Å². The molecule has 1 aromatic rings. The summed E-state index contributed by atoms with van der Waals surface area (Å²) in [7, 11) is 0. The number of Topliss-reactive ketones (excluding diaryl/α,β-unsaturated/α-hetero) is 1. The van der Waals surface area contributed by atoms with Crippen LogP contribution in [0.1, 0.15) is 22.8 Å². The van der Waals surface area contributed by atoms with E-state index in [0.29, 0.717) is 5.56 Å². The molecule has 14 heavy (non-hydrogen) atoms. The summed E-state index contributed by atoms with van der Waals surface area (Å²) in [5.41, 5.74) is 1.35. The van der Waals surface area contributed by atoms with Crippen LogP contribution in [-0.2, 0) is 11.4 Å². The molecule has 0 bridgehead atoms. The van der Waals surface area contributed by atoms with Crippen LogP contribution >= 0.6 is 0 Å². The van der Waals surface area contributed by atoms with E-state index >= 15 is 0 Å². The summed E-state index contributed by atoms with van der Waals surface area (Å²) in [6, 6.07) is 6.67. The SMILES string of the molecule is CC(=O)c1ccc(CON(O)O)cc1. The summed E-state index contributed by atoms with van der Waals surface area (Å²) in [5, 5.41) is 16.2. The van der Waals surface area contributed by atoms with Crippen LogP contribution in [-0.4, -0.2) is 21.6 Å². The van der Waals surface area contributed by atoms with Gasteiger partial charge in [0.1, 0.15) is 0 Å². The van der Waals surface area contributed by atoms with Gasteiger partial charge >= 0.3 is 0 Å². The molecule has 1 aromatic carbocycles. The van der Waals surface area contributed by atoms with Gasteiger partial charge in [-0.2, -0.15) is 0 Å². The zero-order valence-electron chi connectivity index (χ0n) is 7.67. The van der Waals surface area contributed by atoms with Crippen LogP contribution in [0.4, 0.5) is 0 Å². The highest BCUT2D eigenvalue weighted by Gasteiger charge is 2.00. The van der Waals surface area contributed by atoms with E-state index in [4.69, 9.17) is 10.4 Å². The lowest BCUT2D eigenvalue weighted by atomic mass is 10.1. The Bertz CT molecular complexity index is 307. The molecule has 0 radical (unpaired) electrons. The van der Waals surface area contributed by atoms with Crippen molar-refractivity contribution in [2.45, 2.75) is 13.5 Å². The lowest BCUT2D eigenvalue weighted by molar-refractivity contribution is -0.497. The first-order valence-corrected chi connectivity index (χ1v) is 4.00. The van der Waals surface area contributed by atoms with Crippen LogP contribution in [0.3, 0.4) is 0 Å². The topological polar surface area (TPSA) is 70.0 Å². The van der Waals surface area contributed by atoms with Gasteiger partial charge < -0.3 is 0 Å². The highest BCUT2D eigenvalue weighted by molar-refractivity contribution is 5.93. The van der Waals surface area contributed by atoms with E-state index < -0.39 is 0 Å². The molecular formula is C9H11NO4. The van der Waals surface area contributed by atoms with Crippen molar-refractivity contribution < 1.29 is 20.0 Å². The summed E-state index contributed by atoms with van der Waals surface area (Å²) < 4.78 is 0. The van der Waals surface area contributed by atoms with Gasteiger partial charge in [0.15, 0.2) is 5.78 Å². The van der Waals surface area contributed by atoms with Gasteiger partial charge in [0.05, 0.1) is 12.0 Å². The first kappa shape index (κ1) is 10.8. The maximum Gasteiger partial charge on any atom is 0.159 e. The van der Waals surface area contributed by atoms with E-state index in [2.05, 4.69) is 4.84 Å². The molecule has 1 rings (SSSR count).